The van der Waals surface area contributed by atoms with Crippen LogP contribution in [0.15, 0.2) is 42.2 Å². The lowest BCUT2D eigenvalue weighted by atomic mass is 10.2. The van der Waals surface area contributed by atoms with E-state index < -0.39 is 0 Å². The topological polar surface area (TPSA) is 35.5 Å². The predicted octanol–water partition coefficient (Wildman–Crippen LogP) is 2.03. The average Bonchev–Trinajstić information content (AvgIpc) is 2.66. The van der Waals surface area contributed by atoms with Crippen molar-refractivity contribution in [3.05, 3.63) is 47.7 Å². The third-order valence-corrected chi connectivity index (χ3v) is 2.10. The molecule has 3 heteroatoms. The second kappa shape index (κ2) is 4.75. The zero-order valence-electron chi connectivity index (χ0n) is 8.31. The van der Waals surface area contributed by atoms with Crippen molar-refractivity contribution in [1.82, 2.24) is 0 Å². The van der Waals surface area contributed by atoms with Crippen molar-refractivity contribution < 1.29 is 14.3 Å². The highest BCUT2D eigenvalue weighted by Crippen LogP contribution is 2.11. The molecule has 0 spiro atoms. The van der Waals surface area contributed by atoms with E-state index in [1.54, 1.807) is 6.08 Å². The maximum absolute atomic E-state index is 10.8. The summed E-state index contributed by atoms with van der Waals surface area (Å²) in [6.45, 7) is 0.899. The monoisotopic (exact) mass is 204 g/mol. The number of esters is 1. The molecule has 2 rings (SSSR count). The highest BCUT2D eigenvalue weighted by molar-refractivity contribution is 5.75. The van der Waals surface area contributed by atoms with Crippen molar-refractivity contribution in [3.63, 3.8) is 0 Å². The molecule has 1 aliphatic rings. The zero-order valence-corrected chi connectivity index (χ0v) is 8.31. The van der Waals surface area contributed by atoms with E-state index in [9.17, 15) is 4.79 Å². The van der Waals surface area contributed by atoms with Gasteiger partial charge in [0, 0.05) is 0 Å². The van der Waals surface area contributed by atoms with Crippen LogP contribution in [0.5, 0.6) is 0 Å². The largest absolute Gasteiger partial charge is 0.429 e. The van der Waals surface area contributed by atoms with E-state index >= 15 is 0 Å². The molecule has 15 heavy (non-hydrogen) atoms. The predicted molar refractivity (Wildman–Crippen MR) is 54.9 cm³/mol. The Morgan fingerprint density at radius 2 is 2.00 bits per heavy atom. The Kier molecular flexibility index (Phi) is 3.15. The lowest BCUT2D eigenvalue weighted by molar-refractivity contribution is -0.137. The summed E-state index contributed by atoms with van der Waals surface area (Å²) in [5.41, 5.74) is 1.11. The highest BCUT2D eigenvalue weighted by atomic mass is 16.6. The van der Waals surface area contributed by atoms with Crippen LogP contribution in [0.3, 0.4) is 0 Å². The molecule has 0 fully saturated rings. The van der Waals surface area contributed by atoms with E-state index in [4.69, 9.17) is 9.47 Å². The Labute approximate surface area is 88.3 Å². The molecular formula is C12H12O3. The van der Waals surface area contributed by atoms with Gasteiger partial charge in [0.2, 0.25) is 0 Å². The summed E-state index contributed by atoms with van der Waals surface area (Å²) >= 11 is 0. The molecule has 0 saturated carbocycles. The maximum Gasteiger partial charge on any atom is 0.314 e. The van der Waals surface area contributed by atoms with Crippen LogP contribution in [0, 0.1) is 0 Å². The molecule has 0 bridgehead atoms. The number of benzene rings is 1. The average molecular weight is 204 g/mol. The van der Waals surface area contributed by atoms with Crippen molar-refractivity contribution in [1.29, 1.82) is 0 Å². The van der Waals surface area contributed by atoms with E-state index in [0.717, 1.165) is 5.56 Å². The first kappa shape index (κ1) is 9.93. The summed E-state index contributed by atoms with van der Waals surface area (Å²) in [5, 5.41) is 0. The SMILES string of the molecule is O=C1CC=C(COCc2ccccc2)O1. The van der Waals surface area contributed by atoms with Crippen molar-refractivity contribution >= 4 is 5.97 Å². The maximum atomic E-state index is 10.8. The number of hydrogen-bond acceptors (Lipinski definition) is 3. The van der Waals surface area contributed by atoms with Gasteiger partial charge in [-0.15, -0.1) is 0 Å². The zero-order chi connectivity index (χ0) is 10.5. The van der Waals surface area contributed by atoms with Crippen LogP contribution < -0.4 is 0 Å². The Balaban J connectivity index is 1.74. The molecule has 1 heterocycles. The first-order valence-electron chi connectivity index (χ1n) is 4.86. The van der Waals surface area contributed by atoms with Crippen molar-refractivity contribution in [2.45, 2.75) is 13.0 Å². The second-order valence-corrected chi connectivity index (χ2v) is 3.33. The van der Waals surface area contributed by atoms with E-state index in [2.05, 4.69) is 0 Å². The van der Waals surface area contributed by atoms with Crippen LogP contribution in [0.25, 0.3) is 0 Å². The fourth-order valence-electron chi connectivity index (χ4n) is 1.36. The van der Waals surface area contributed by atoms with E-state index in [1.165, 1.54) is 0 Å². The van der Waals surface area contributed by atoms with Crippen LogP contribution in [0.1, 0.15) is 12.0 Å². The fraction of sp³-hybridized carbons (Fsp3) is 0.250. The lowest BCUT2D eigenvalue weighted by Crippen LogP contribution is -2.01. The normalized spacial score (nSPS) is 14.9. The molecule has 0 unspecified atom stereocenters. The minimum atomic E-state index is -0.201. The standard InChI is InChI=1S/C12H12O3/c13-12-7-6-11(15-12)9-14-8-10-4-2-1-3-5-10/h1-6H,7-9H2. The highest BCUT2D eigenvalue weighted by Gasteiger charge is 2.13. The van der Waals surface area contributed by atoms with Gasteiger partial charge >= 0.3 is 5.97 Å². The minimum absolute atomic E-state index is 0.201. The molecule has 3 nitrogen and oxygen atoms in total. The van der Waals surface area contributed by atoms with Gasteiger partial charge in [-0.1, -0.05) is 30.3 Å². The van der Waals surface area contributed by atoms with Gasteiger partial charge in [-0.05, 0) is 11.6 Å². The third-order valence-electron chi connectivity index (χ3n) is 2.10. The van der Waals surface area contributed by atoms with E-state index in [1.807, 2.05) is 30.3 Å². The molecule has 1 aromatic carbocycles. The van der Waals surface area contributed by atoms with Gasteiger partial charge in [0.1, 0.15) is 12.4 Å². The van der Waals surface area contributed by atoms with Crippen LogP contribution in [-0.4, -0.2) is 12.6 Å². The molecule has 0 saturated heterocycles. The molecule has 0 radical (unpaired) electrons. The molecule has 0 N–H and O–H groups in total. The minimum Gasteiger partial charge on any atom is -0.429 e. The van der Waals surface area contributed by atoms with Gasteiger partial charge in [-0.2, -0.15) is 0 Å². The fourth-order valence-corrected chi connectivity index (χ4v) is 1.36. The molecule has 0 aromatic heterocycles. The lowest BCUT2D eigenvalue weighted by Gasteiger charge is -2.04. The number of carbonyl (C=O) groups is 1. The van der Waals surface area contributed by atoms with Crippen LogP contribution in [-0.2, 0) is 20.9 Å². The third kappa shape index (κ3) is 2.92. The number of cyclic esters (lactones) is 1. The molecule has 0 amide bonds. The smallest absolute Gasteiger partial charge is 0.314 e. The van der Waals surface area contributed by atoms with Crippen LogP contribution >= 0.6 is 0 Å². The molecule has 1 aromatic rings. The molecule has 1 aliphatic heterocycles. The summed E-state index contributed by atoms with van der Waals surface area (Å²) < 4.78 is 10.3. The summed E-state index contributed by atoms with van der Waals surface area (Å²) in [4.78, 5) is 10.8. The summed E-state index contributed by atoms with van der Waals surface area (Å²) in [6.07, 6.45) is 2.12. The summed E-state index contributed by atoms with van der Waals surface area (Å²) in [6, 6.07) is 9.88. The molecule has 78 valence electrons. The summed E-state index contributed by atoms with van der Waals surface area (Å²) in [5.74, 6) is 0.421. The second-order valence-electron chi connectivity index (χ2n) is 3.33. The van der Waals surface area contributed by atoms with E-state index in [0.29, 0.717) is 25.4 Å². The summed E-state index contributed by atoms with van der Waals surface area (Å²) in [7, 11) is 0. The number of hydrogen-bond donors (Lipinski definition) is 0. The Morgan fingerprint density at radius 1 is 1.20 bits per heavy atom. The van der Waals surface area contributed by atoms with Gasteiger partial charge in [-0.25, -0.2) is 0 Å². The van der Waals surface area contributed by atoms with Crippen molar-refractivity contribution in [3.8, 4) is 0 Å². The van der Waals surface area contributed by atoms with Gasteiger partial charge in [-0.3, -0.25) is 4.79 Å². The Hall–Kier alpha value is -1.61. The van der Waals surface area contributed by atoms with Crippen molar-refractivity contribution in [2.24, 2.45) is 0 Å². The van der Waals surface area contributed by atoms with Gasteiger partial charge in [0.15, 0.2) is 0 Å². The quantitative estimate of drug-likeness (QED) is 0.704. The number of carbonyl (C=O) groups excluding carboxylic acids is 1. The van der Waals surface area contributed by atoms with Gasteiger partial charge in [0.25, 0.3) is 0 Å². The molecule has 0 aliphatic carbocycles. The number of rotatable bonds is 4. The van der Waals surface area contributed by atoms with E-state index in [-0.39, 0.29) is 5.97 Å². The Morgan fingerprint density at radius 3 is 2.67 bits per heavy atom. The number of ether oxygens (including phenoxy) is 2. The first-order valence-corrected chi connectivity index (χ1v) is 4.86. The Bertz CT molecular complexity index is 368. The van der Waals surface area contributed by atoms with Crippen molar-refractivity contribution in [2.75, 3.05) is 6.61 Å². The molecule has 0 atom stereocenters. The van der Waals surface area contributed by atoms with Gasteiger partial charge in [0.05, 0.1) is 13.0 Å². The van der Waals surface area contributed by atoms with Gasteiger partial charge < -0.3 is 9.47 Å². The molecular weight excluding hydrogens is 192 g/mol. The van der Waals surface area contributed by atoms with Crippen LogP contribution in [0.4, 0.5) is 0 Å². The van der Waals surface area contributed by atoms with Crippen LogP contribution in [0.2, 0.25) is 0 Å². The first-order chi connectivity index (χ1) is 7.34.